The van der Waals surface area contributed by atoms with Crippen LogP contribution < -0.4 is 14.2 Å². The fraction of sp³-hybridized carbons (Fsp3) is 0.250. The Kier molecular flexibility index (Phi) is 11.2. The zero-order valence-corrected chi connectivity index (χ0v) is 25.3. The maximum absolute atomic E-state index is 13.9. The van der Waals surface area contributed by atoms with Gasteiger partial charge >= 0.3 is 0 Å². The third-order valence-corrected chi connectivity index (χ3v) is 7.08. The van der Waals surface area contributed by atoms with Crippen molar-refractivity contribution in [2.45, 2.75) is 39.1 Å². The van der Waals surface area contributed by atoms with Crippen molar-refractivity contribution in [3.05, 3.63) is 132 Å². The summed E-state index contributed by atoms with van der Waals surface area (Å²) < 4.78 is 25.9. The van der Waals surface area contributed by atoms with Crippen molar-refractivity contribution in [2.75, 3.05) is 20.8 Å². The molecule has 0 bridgehead atoms. The van der Waals surface area contributed by atoms with Crippen molar-refractivity contribution in [1.82, 2.24) is 5.06 Å². The molecule has 0 aliphatic carbocycles. The molecule has 0 aliphatic rings. The standard InChI is InChI=1S/C36H39NO6/c1-26-17-15-16-24-32(26)27(2)28(3)41-33(25-40-29-18-9-6-10-19-29)34(42-30-20-11-7-12-21-30)35(36(38)37(4)39-5)43-31-22-13-8-14-23-31/h6-24,33-35H,25H2,1-5H3/t33-,34+,35-/m1/s1. The molecule has 7 heteroatoms. The van der Waals surface area contributed by atoms with Gasteiger partial charge in [0.25, 0.3) is 5.91 Å². The van der Waals surface area contributed by atoms with E-state index in [2.05, 4.69) is 19.1 Å². The van der Waals surface area contributed by atoms with Gasteiger partial charge in [-0.2, -0.15) is 0 Å². The van der Waals surface area contributed by atoms with Crippen LogP contribution in [0.25, 0.3) is 5.57 Å². The molecule has 43 heavy (non-hydrogen) atoms. The van der Waals surface area contributed by atoms with Gasteiger partial charge in [-0.3, -0.25) is 9.63 Å². The Labute approximate surface area is 254 Å². The highest BCUT2D eigenvalue weighted by atomic mass is 16.7. The summed E-state index contributed by atoms with van der Waals surface area (Å²) in [7, 11) is 2.96. The second-order valence-electron chi connectivity index (χ2n) is 10.0. The maximum Gasteiger partial charge on any atom is 0.290 e. The molecule has 0 fully saturated rings. The summed E-state index contributed by atoms with van der Waals surface area (Å²) in [6.45, 7) is 6.06. The van der Waals surface area contributed by atoms with Crippen LogP contribution in [0.15, 0.2) is 121 Å². The van der Waals surface area contributed by atoms with Gasteiger partial charge in [0.1, 0.15) is 23.9 Å². The number of hydrogen-bond donors (Lipinski definition) is 0. The predicted octanol–water partition coefficient (Wildman–Crippen LogP) is 7.13. The molecular formula is C36H39NO6. The average Bonchev–Trinajstić information content (AvgIpc) is 3.05. The number of aryl methyl sites for hydroxylation is 1. The minimum Gasteiger partial charge on any atom is -0.490 e. The molecule has 4 aromatic rings. The number of amides is 1. The Bertz CT molecular complexity index is 1460. The first-order valence-corrected chi connectivity index (χ1v) is 14.2. The topological polar surface area (TPSA) is 66.5 Å². The van der Waals surface area contributed by atoms with Gasteiger partial charge in [-0.05, 0) is 73.9 Å². The van der Waals surface area contributed by atoms with Crippen LogP contribution in [0.4, 0.5) is 0 Å². The van der Waals surface area contributed by atoms with Crippen molar-refractivity contribution in [1.29, 1.82) is 0 Å². The van der Waals surface area contributed by atoms with Gasteiger partial charge in [0.05, 0.1) is 12.9 Å². The van der Waals surface area contributed by atoms with Crippen molar-refractivity contribution in [3.8, 4) is 17.2 Å². The lowest BCUT2D eigenvalue weighted by molar-refractivity contribution is -0.184. The molecule has 7 nitrogen and oxygen atoms in total. The van der Waals surface area contributed by atoms with Crippen LogP contribution in [0.3, 0.4) is 0 Å². The van der Waals surface area contributed by atoms with Gasteiger partial charge in [0, 0.05) is 7.05 Å². The van der Waals surface area contributed by atoms with Crippen LogP contribution >= 0.6 is 0 Å². The molecule has 3 atom stereocenters. The number of likely N-dealkylation sites (N-methyl/N-ethyl adjacent to an activating group) is 1. The van der Waals surface area contributed by atoms with Gasteiger partial charge < -0.3 is 18.9 Å². The first kappa shape index (κ1) is 31.2. The second kappa shape index (κ2) is 15.5. The average molecular weight is 582 g/mol. The summed E-state index contributed by atoms with van der Waals surface area (Å²) in [4.78, 5) is 19.2. The molecule has 224 valence electrons. The Hall–Kier alpha value is -4.75. The van der Waals surface area contributed by atoms with E-state index in [4.69, 9.17) is 23.8 Å². The number of rotatable bonds is 14. The van der Waals surface area contributed by atoms with Gasteiger partial charge in [-0.25, -0.2) is 5.06 Å². The van der Waals surface area contributed by atoms with E-state index in [9.17, 15) is 4.79 Å². The van der Waals surface area contributed by atoms with Crippen molar-refractivity contribution >= 4 is 11.5 Å². The van der Waals surface area contributed by atoms with Crippen molar-refractivity contribution in [2.24, 2.45) is 0 Å². The largest absolute Gasteiger partial charge is 0.490 e. The highest BCUT2D eigenvalue weighted by molar-refractivity contribution is 5.81. The number of para-hydroxylation sites is 3. The molecule has 0 spiro atoms. The first-order valence-electron chi connectivity index (χ1n) is 14.2. The number of benzene rings is 4. The van der Waals surface area contributed by atoms with E-state index in [1.54, 1.807) is 12.1 Å². The number of allylic oxidation sites excluding steroid dienone is 2. The molecule has 0 N–H and O–H groups in total. The lowest BCUT2D eigenvalue weighted by Crippen LogP contribution is -2.55. The van der Waals surface area contributed by atoms with Crippen LogP contribution in [-0.4, -0.2) is 50.0 Å². The summed E-state index contributed by atoms with van der Waals surface area (Å²) in [6.07, 6.45) is -2.91. The molecule has 0 aromatic heterocycles. The van der Waals surface area contributed by atoms with Crippen molar-refractivity contribution in [3.63, 3.8) is 0 Å². The maximum atomic E-state index is 13.9. The van der Waals surface area contributed by atoms with E-state index in [-0.39, 0.29) is 6.61 Å². The Morgan fingerprint density at radius 1 is 0.721 bits per heavy atom. The number of carbonyl (C=O) groups is 1. The number of hydroxylamine groups is 2. The molecule has 0 heterocycles. The zero-order chi connectivity index (χ0) is 30.6. The lowest BCUT2D eigenvalue weighted by Gasteiger charge is -2.35. The molecule has 0 radical (unpaired) electrons. The van der Waals surface area contributed by atoms with Crippen LogP contribution in [0.1, 0.15) is 25.0 Å². The van der Waals surface area contributed by atoms with Gasteiger partial charge in [0.2, 0.25) is 6.10 Å². The third kappa shape index (κ3) is 8.63. The fourth-order valence-corrected chi connectivity index (χ4v) is 4.55. The normalized spacial score (nSPS) is 13.6. The number of ether oxygens (including phenoxy) is 4. The van der Waals surface area contributed by atoms with E-state index < -0.39 is 24.2 Å². The molecule has 0 saturated carbocycles. The lowest BCUT2D eigenvalue weighted by atomic mass is 10.0. The highest BCUT2D eigenvalue weighted by Crippen LogP contribution is 2.28. The summed E-state index contributed by atoms with van der Waals surface area (Å²) >= 11 is 0. The number of nitrogens with zero attached hydrogens (tertiary/aromatic N) is 1. The predicted molar refractivity (Wildman–Crippen MR) is 168 cm³/mol. The molecule has 0 saturated heterocycles. The summed E-state index contributed by atoms with van der Waals surface area (Å²) in [5, 5.41) is 1.13. The zero-order valence-electron chi connectivity index (χ0n) is 25.3. The quantitative estimate of drug-likeness (QED) is 0.117. The SMILES string of the molecule is CON(C)C(=O)[C@H](Oc1ccccc1)[C@@H](Oc1ccccc1)[C@@H](COc1ccccc1)OC(C)=C(C)c1ccccc1C. The minimum atomic E-state index is -1.16. The Balaban J connectivity index is 1.80. The van der Waals surface area contributed by atoms with Crippen LogP contribution in [-0.2, 0) is 14.4 Å². The highest BCUT2D eigenvalue weighted by Gasteiger charge is 2.42. The van der Waals surface area contributed by atoms with Crippen LogP contribution in [0.2, 0.25) is 0 Å². The first-order chi connectivity index (χ1) is 20.9. The molecular weight excluding hydrogens is 542 g/mol. The second-order valence-corrected chi connectivity index (χ2v) is 10.0. The monoisotopic (exact) mass is 581 g/mol. The third-order valence-electron chi connectivity index (χ3n) is 7.08. The van der Waals surface area contributed by atoms with E-state index in [0.717, 1.165) is 21.8 Å². The van der Waals surface area contributed by atoms with E-state index in [0.29, 0.717) is 23.0 Å². The molecule has 0 aliphatic heterocycles. The summed E-state index contributed by atoms with van der Waals surface area (Å²) in [5.74, 6) is 1.93. The molecule has 4 aromatic carbocycles. The van der Waals surface area contributed by atoms with Gasteiger partial charge in [-0.15, -0.1) is 0 Å². The van der Waals surface area contributed by atoms with Gasteiger partial charge in [-0.1, -0.05) is 78.9 Å². The smallest absolute Gasteiger partial charge is 0.290 e. The van der Waals surface area contributed by atoms with Crippen molar-refractivity contribution < 1.29 is 28.6 Å². The Morgan fingerprint density at radius 3 is 1.79 bits per heavy atom. The van der Waals surface area contributed by atoms with E-state index in [1.165, 1.54) is 14.2 Å². The van der Waals surface area contributed by atoms with E-state index >= 15 is 0 Å². The van der Waals surface area contributed by atoms with Crippen LogP contribution in [0.5, 0.6) is 17.2 Å². The number of hydrogen-bond acceptors (Lipinski definition) is 6. The molecule has 4 rings (SSSR count). The molecule has 0 unspecified atom stereocenters. The van der Waals surface area contributed by atoms with Gasteiger partial charge in [0.15, 0.2) is 12.2 Å². The summed E-state index contributed by atoms with van der Waals surface area (Å²) in [6, 6.07) is 36.0. The molecule has 1 amide bonds. The summed E-state index contributed by atoms with van der Waals surface area (Å²) in [5.41, 5.74) is 3.15. The number of carbonyl (C=O) groups excluding carboxylic acids is 1. The van der Waals surface area contributed by atoms with Crippen LogP contribution in [0, 0.1) is 6.92 Å². The minimum absolute atomic E-state index is 0.0680. The van der Waals surface area contributed by atoms with E-state index in [1.807, 2.05) is 105 Å². The fourth-order valence-electron chi connectivity index (χ4n) is 4.55. The Morgan fingerprint density at radius 2 is 1.23 bits per heavy atom.